The fourth-order valence-electron chi connectivity index (χ4n) is 2.27. The van der Waals surface area contributed by atoms with Gasteiger partial charge in [-0.05, 0) is 48.9 Å². The second-order valence-electron chi connectivity index (χ2n) is 4.66. The lowest BCUT2D eigenvalue weighted by Gasteiger charge is -2.05. The molecule has 2 N–H and O–H groups in total. The van der Waals surface area contributed by atoms with Crippen molar-refractivity contribution in [3.63, 3.8) is 0 Å². The van der Waals surface area contributed by atoms with Crippen LogP contribution in [-0.2, 0) is 6.54 Å². The standard InChI is InChI=1S/C16H14ClNO/c1-10-2-5-15-11(6-10)8-16(19-15)14-4-3-13(17)7-12(14)9-18/h2-8H,9,18H2,1H3. The predicted molar refractivity (Wildman–Crippen MR) is 79.3 cm³/mol. The molecule has 0 unspecified atom stereocenters. The number of hydrogen-bond acceptors (Lipinski definition) is 2. The summed E-state index contributed by atoms with van der Waals surface area (Å²) in [6.45, 7) is 2.51. The summed E-state index contributed by atoms with van der Waals surface area (Å²) in [4.78, 5) is 0. The van der Waals surface area contributed by atoms with Crippen LogP contribution in [0.2, 0.25) is 5.02 Å². The number of rotatable bonds is 2. The van der Waals surface area contributed by atoms with E-state index in [1.165, 1.54) is 5.56 Å². The summed E-state index contributed by atoms with van der Waals surface area (Å²) in [7, 11) is 0. The van der Waals surface area contributed by atoms with Gasteiger partial charge in [0.2, 0.25) is 0 Å². The molecule has 96 valence electrons. The maximum Gasteiger partial charge on any atom is 0.135 e. The zero-order valence-corrected chi connectivity index (χ0v) is 11.4. The molecule has 1 heterocycles. The van der Waals surface area contributed by atoms with Crippen molar-refractivity contribution in [2.45, 2.75) is 13.5 Å². The van der Waals surface area contributed by atoms with Crippen molar-refractivity contribution in [2.24, 2.45) is 5.73 Å². The number of benzene rings is 2. The molecule has 0 atom stereocenters. The van der Waals surface area contributed by atoms with Gasteiger partial charge in [-0.3, -0.25) is 0 Å². The number of halogens is 1. The molecule has 3 rings (SSSR count). The third-order valence-corrected chi connectivity index (χ3v) is 3.46. The van der Waals surface area contributed by atoms with Crippen LogP contribution in [0.4, 0.5) is 0 Å². The summed E-state index contributed by atoms with van der Waals surface area (Å²) in [5.74, 6) is 0.831. The third-order valence-electron chi connectivity index (χ3n) is 3.22. The van der Waals surface area contributed by atoms with Crippen LogP contribution in [-0.4, -0.2) is 0 Å². The minimum atomic E-state index is 0.436. The van der Waals surface area contributed by atoms with E-state index in [-0.39, 0.29) is 0 Å². The highest BCUT2D eigenvalue weighted by Crippen LogP contribution is 2.31. The zero-order chi connectivity index (χ0) is 13.4. The van der Waals surface area contributed by atoms with Gasteiger partial charge in [-0.1, -0.05) is 23.2 Å². The van der Waals surface area contributed by atoms with E-state index in [0.717, 1.165) is 27.9 Å². The van der Waals surface area contributed by atoms with Gasteiger partial charge in [-0.15, -0.1) is 0 Å². The van der Waals surface area contributed by atoms with Gasteiger partial charge in [-0.2, -0.15) is 0 Å². The predicted octanol–water partition coefficient (Wildman–Crippen LogP) is 4.52. The molecule has 19 heavy (non-hydrogen) atoms. The summed E-state index contributed by atoms with van der Waals surface area (Å²) in [6, 6.07) is 13.9. The van der Waals surface area contributed by atoms with E-state index in [1.54, 1.807) is 0 Å². The average Bonchev–Trinajstić information content (AvgIpc) is 2.81. The second-order valence-corrected chi connectivity index (χ2v) is 5.09. The van der Waals surface area contributed by atoms with Crippen LogP contribution in [0, 0.1) is 6.92 Å². The molecule has 0 aliphatic heterocycles. The molecule has 3 aromatic rings. The quantitative estimate of drug-likeness (QED) is 0.744. The molecule has 0 saturated heterocycles. The Hall–Kier alpha value is -1.77. The lowest BCUT2D eigenvalue weighted by atomic mass is 10.0. The Labute approximate surface area is 116 Å². The summed E-state index contributed by atoms with van der Waals surface area (Å²) < 4.78 is 5.89. The van der Waals surface area contributed by atoms with Crippen molar-refractivity contribution < 1.29 is 4.42 Å². The molecule has 0 aliphatic carbocycles. The van der Waals surface area contributed by atoms with E-state index in [4.69, 9.17) is 21.8 Å². The number of hydrogen-bond donors (Lipinski definition) is 1. The normalized spacial score (nSPS) is 11.1. The van der Waals surface area contributed by atoms with Gasteiger partial charge >= 0.3 is 0 Å². The maximum absolute atomic E-state index is 6.00. The van der Waals surface area contributed by atoms with Gasteiger partial charge in [0.05, 0.1) is 0 Å². The molecule has 0 radical (unpaired) electrons. The second kappa shape index (κ2) is 4.72. The molecule has 0 bridgehead atoms. The lowest BCUT2D eigenvalue weighted by Crippen LogP contribution is -1.98. The van der Waals surface area contributed by atoms with Gasteiger partial charge in [0, 0.05) is 22.5 Å². The molecule has 0 aliphatic rings. The van der Waals surface area contributed by atoms with E-state index in [2.05, 4.69) is 13.0 Å². The van der Waals surface area contributed by atoms with Crippen molar-refractivity contribution in [1.82, 2.24) is 0 Å². The van der Waals surface area contributed by atoms with Crippen LogP contribution in [0.5, 0.6) is 0 Å². The first-order valence-corrected chi connectivity index (χ1v) is 6.54. The number of furan rings is 1. The number of fused-ring (bicyclic) bond motifs is 1. The summed E-state index contributed by atoms with van der Waals surface area (Å²) in [6.07, 6.45) is 0. The Bertz CT molecular complexity index is 746. The van der Waals surface area contributed by atoms with E-state index >= 15 is 0 Å². The van der Waals surface area contributed by atoms with Gasteiger partial charge in [0.25, 0.3) is 0 Å². The lowest BCUT2D eigenvalue weighted by molar-refractivity contribution is 0.630. The molecule has 0 spiro atoms. The molecule has 2 aromatic carbocycles. The van der Waals surface area contributed by atoms with E-state index in [0.29, 0.717) is 11.6 Å². The van der Waals surface area contributed by atoms with Gasteiger partial charge in [0.15, 0.2) is 0 Å². The van der Waals surface area contributed by atoms with Crippen molar-refractivity contribution in [2.75, 3.05) is 0 Å². The molecular formula is C16H14ClNO. The minimum absolute atomic E-state index is 0.436. The first-order valence-electron chi connectivity index (χ1n) is 6.16. The van der Waals surface area contributed by atoms with Crippen LogP contribution >= 0.6 is 11.6 Å². The van der Waals surface area contributed by atoms with Gasteiger partial charge in [-0.25, -0.2) is 0 Å². The molecular weight excluding hydrogens is 258 g/mol. The van der Waals surface area contributed by atoms with Crippen molar-refractivity contribution in [1.29, 1.82) is 0 Å². The van der Waals surface area contributed by atoms with E-state index < -0.39 is 0 Å². The average molecular weight is 272 g/mol. The number of nitrogens with two attached hydrogens (primary N) is 1. The fraction of sp³-hybridized carbons (Fsp3) is 0.125. The smallest absolute Gasteiger partial charge is 0.135 e. The molecule has 0 saturated carbocycles. The molecule has 1 aromatic heterocycles. The van der Waals surface area contributed by atoms with E-state index in [9.17, 15) is 0 Å². The highest BCUT2D eigenvalue weighted by molar-refractivity contribution is 6.30. The van der Waals surface area contributed by atoms with E-state index in [1.807, 2.05) is 36.4 Å². The van der Waals surface area contributed by atoms with Crippen LogP contribution < -0.4 is 5.73 Å². The first-order chi connectivity index (χ1) is 9.17. The Kier molecular flexibility index (Phi) is 3.05. The van der Waals surface area contributed by atoms with Crippen LogP contribution in [0.25, 0.3) is 22.3 Å². The molecule has 2 nitrogen and oxygen atoms in total. The zero-order valence-electron chi connectivity index (χ0n) is 10.6. The SMILES string of the molecule is Cc1ccc2oc(-c3ccc(Cl)cc3CN)cc2c1. The summed E-state index contributed by atoms with van der Waals surface area (Å²) in [5.41, 5.74) is 9.87. The van der Waals surface area contributed by atoms with Crippen molar-refractivity contribution in [3.05, 3.63) is 58.6 Å². The molecule has 3 heteroatoms. The van der Waals surface area contributed by atoms with Crippen LogP contribution in [0.1, 0.15) is 11.1 Å². The summed E-state index contributed by atoms with van der Waals surface area (Å²) in [5, 5.41) is 1.80. The topological polar surface area (TPSA) is 39.2 Å². The minimum Gasteiger partial charge on any atom is -0.456 e. The molecule has 0 fully saturated rings. The maximum atomic E-state index is 6.00. The van der Waals surface area contributed by atoms with Gasteiger partial charge < -0.3 is 10.2 Å². The Morgan fingerprint density at radius 2 is 1.95 bits per heavy atom. The van der Waals surface area contributed by atoms with Crippen LogP contribution in [0.15, 0.2) is 46.9 Å². The highest BCUT2D eigenvalue weighted by Gasteiger charge is 2.10. The fourth-order valence-corrected chi connectivity index (χ4v) is 2.46. The largest absolute Gasteiger partial charge is 0.456 e. The molecule has 0 amide bonds. The van der Waals surface area contributed by atoms with Crippen molar-refractivity contribution >= 4 is 22.6 Å². The Morgan fingerprint density at radius 1 is 1.11 bits per heavy atom. The third kappa shape index (κ3) is 2.25. The Balaban J connectivity index is 2.18. The van der Waals surface area contributed by atoms with Crippen LogP contribution in [0.3, 0.4) is 0 Å². The van der Waals surface area contributed by atoms with Crippen molar-refractivity contribution in [3.8, 4) is 11.3 Å². The number of aryl methyl sites for hydroxylation is 1. The first kappa shape index (κ1) is 12.3. The summed E-state index contributed by atoms with van der Waals surface area (Å²) >= 11 is 6.00. The monoisotopic (exact) mass is 271 g/mol. The van der Waals surface area contributed by atoms with Gasteiger partial charge in [0.1, 0.15) is 11.3 Å². The highest BCUT2D eigenvalue weighted by atomic mass is 35.5. The Morgan fingerprint density at radius 3 is 2.74 bits per heavy atom.